The van der Waals surface area contributed by atoms with Gasteiger partial charge in [-0.2, -0.15) is 18.3 Å². The first-order valence-electron chi connectivity index (χ1n) is 8.68. The van der Waals surface area contributed by atoms with E-state index in [1.165, 1.54) is 18.1 Å². The first-order valence-corrected chi connectivity index (χ1v) is 8.68. The highest BCUT2D eigenvalue weighted by Crippen LogP contribution is 2.40. The van der Waals surface area contributed by atoms with E-state index < -0.39 is 18.1 Å². The van der Waals surface area contributed by atoms with Crippen LogP contribution in [-0.4, -0.2) is 40.5 Å². The van der Waals surface area contributed by atoms with Crippen LogP contribution in [0.25, 0.3) is 10.8 Å². The topological polar surface area (TPSA) is 60.2 Å². The van der Waals surface area contributed by atoms with Gasteiger partial charge in [-0.3, -0.25) is 9.69 Å². The standard InChI is InChI=1S/C19H17F3N4O2/c1-11-9-16-25(8-7-15(19(20,21)22)26(16)24-11)18(27)14-10-12-5-3-4-6-13(12)17(23-14)28-2/h3-6,9-10,15H,7-8H2,1-2H3. The van der Waals surface area contributed by atoms with Crippen LogP contribution in [0.3, 0.4) is 0 Å². The summed E-state index contributed by atoms with van der Waals surface area (Å²) in [6.07, 6.45) is -4.71. The molecule has 3 aromatic rings. The summed E-state index contributed by atoms with van der Waals surface area (Å²) in [6.45, 7) is 1.52. The summed E-state index contributed by atoms with van der Waals surface area (Å²) < 4.78 is 46.3. The van der Waals surface area contributed by atoms with Crippen molar-refractivity contribution in [1.82, 2.24) is 14.8 Å². The molecule has 1 aromatic carbocycles. The minimum Gasteiger partial charge on any atom is -0.481 e. The molecule has 1 aliphatic rings. The van der Waals surface area contributed by atoms with Crippen molar-refractivity contribution in [1.29, 1.82) is 0 Å². The lowest BCUT2D eigenvalue weighted by Crippen LogP contribution is -2.43. The van der Waals surface area contributed by atoms with E-state index in [9.17, 15) is 18.0 Å². The van der Waals surface area contributed by atoms with Crippen LogP contribution in [0.4, 0.5) is 19.0 Å². The van der Waals surface area contributed by atoms with Gasteiger partial charge in [0.2, 0.25) is 5.88 Å². The minimum absolute atomic E-state index is 0.0784. The molecule has 1 aliphatic heterocycles. The Labute approximate surface area is 158 Å². The van der Waals surface area contributed by atoms with Crippen LogP contribution in [0.15, 0.2) is 36.4 Å². The number of hydrogen-bond acceptors (Lipinski definition) is 4. The number of fused-ring (bicyclic) bond motifs is 2. The molecular formula is C19H17F3N4O2. The number of aromatic nitrogens is 3. The molecule has 0 bridgehead atoms. The van der Waals surface area contributed by atoms with Gasteiger partial charge in [-0.25, -0.2) is 9.67 Å². The van der Waals surface area contributed by atoms with Crippen molar-refractivity contribution in [3.63, 3.8) is 0 Å². The molecule has 1 amide bonds. The fraction of sp³-hybridized carbons (Fsp3) is 0.316. The van der Waals surface area contributed by atoms with Crippen molar-refractivity contribution in [3.8, 4) is 5.88 Å². The van der Waals surface area contributed by atoms with E-state index in [2.05, 4.69) is 10.1 Å². The molecule has 9 heteroatoms. The van der Waals surface area contributed by atoms with E-state index in [0.717, 1.165) is 15.5 Å². The number of nitrogens with zero attached hydrogens (tertiary/aromatic N) is 4. The molecule has 1 atom stereocenters. The number of hydrogen-bond donors (Lipinski definition) is 0. The number of halogens is 3. The average molecular weight is 390 g/mol. The molecule has 0 N–H and O–H groups in total. The first-order chi connectivity index (χ1) is 13.3. The fourth-order valence-electron chi connectivity index (χ4n) is 3.50. The number of ether oxygens (including phenoxy) is 1. The molecule has 0 saturated heterocycles. The second kappa shape index (κ2) is 6.50. The van der Waals surface area contributed by atoms with Crippen molar-refractivity contribution >= 4 is 22.5 Å². The molecule has 3 heterocycles. The van der Waals surface area contributed by atoms with Gasteiger partial charge in [-0.05, 0) is 30.9 Å². The predicted octanol–water partition coefficient (Wildman–Crippen LogP) is 3.90. The second-order valence-electron chi connectivity index (χ2n) is 6.63. The van der Waals surface area contributed by atoms with E-state index in [-0.39, 0.29) is 30.4 Å². The number of anilines is 1. The third-order valence-electron chi connectivity index (χ3n) is 4.78. The van der Waals surface area contributed by atoms with E-state index in [4.69, 9.17) is 4.74 Å². The summed E-state index contributed by atoms with van der Waals surface area (Å²) in [5.74, 6) is -0.0906. The minimum atomic E-state index is -4.44. The number of aryl methyl sites for hydroxylation is 1. The zero-order valence-electron chi connectivity index (χ0n) is 15.2. The van der Waals surface area contributed by atoms with Gasteiger partial charge in [0.1, 0.15) is 11.5 Å². The number of methoxy groups -OCH3 is 1. The molecular weight excluding hydrogens is 373 g/mol. The van der Waals surface area contributed by atoms with Crippen LogP contribution >= 0.6 is 0 Å². The summed E-state index contributed by atoms with van der Waals surface area (Å²) in [5.41, 5.74) is 0.513. The smallest absolute Gasteiger partial charge is 0.410 e. The number of benzene rings is 1. The number of carbonyl (C=O) groups excluding carboxylic acids is 1. The Morgan fingerprint density at radius 2 is 2.00 bits per heavy atom. The molecule has 2 aromatic heterocycles. The molecule has 0 aliphatic carbocycles. The van der Waals surface area contributed by atoms with E-state index in [1.54, 1.807) is 13.0 Å². The summed E-state index contributed by atoms with van der Waals surface area (Å²) in [6, 6.07) is 8.64. The van der Waals surface area contributed by atoms with Crippen LogP contribution in [0, 0.1) is 6.92 Å². The highest BCUT2D eigenvalue weighted by Gasteiger charge is 2.46. The Bertz CT molecular complexity index is 1060. The SMILES string of the molecule is COc1nc(C(=O)N2CCC(C(F)(F)F)n3nc(C)cc32)cc2ccccc12. The maximum absolute atomic E-state index is 13.4. The third kappa shape index (κ3) is 2.96. The van der Waals surface area contributed by atoms with E-state index in [1.807, 2.05) is 24.3 Å². The number of amides is 1. The Kier molecular flexibility index (Phi) is 4.24. The number of rotatable bonds is 2. The monoisotopic (exact) mass is 390 g/mol. The summed E-state index contributed by atoms with van der Waals surface area (Å²) in [4.78, 5) is 18.7. The van der Waals surface area contributed by atoms with Crippen LogP contribution < -0.4 is 9.64 Å². The van der Waals surface area contributed by atoms with Crippen molar-refractivity contribution in [3.05, 3.63) is 47.8 Å². The van der Waals surface area contributed by atoms with Crippen LogP contribution in [0.1, 0.15) is 28.6 Å². The molecule has 0 fully saturated rings. The van der Waals surface area contributed by atoms with Crippen molar-refractivity contribution in [2.24, 2.45) is 0 Å². The van der Waals surface area contributed by atoms with Gasteiger partial charge >= 0.3 is 6.18 Å². The summed E-state index contributed by atoms with van der Waals surface area (Å²) in [7, 11) is 1.45. The lowest BCUT2D eigenvalue weighted by molar-refractivity contribution is -0.172. The Morgan fingerprint density at radius 1 is 1.25 bits per heavy atom. The summed E-state index contributed by atoms with van der Waals surface area (Å²) in [5, 5.41) is 5.47. The van der Waals surface area contributed by atoms with Crippen molar-refractivity contribution < 1.29 is 22.7 Å². The molecule has 4 rings (SSSR count). The van der Waals surface area contributed by atoms with E-state index >= 15 is 0 Å². The Balaban J connectivity index is 1.77. The second-order valence-corrected chi connectivity index (χ2v) is 6.63. The number of alkyl halides is 3. The lowest BCUT2D eigenvalue weighted by atomic mass is 10.1. The third-order valence-corrected chi connectivity index (χ3v) is 4.78. The summed E-state index contributed by atoms with van der Waals surface area (Å²) >= 11 is 0. The van der Waals surface area contributed by atoms with Crippen molar-refractivity contribution in [2.45, 2.75) is 25.6 Å². The lowest BCUT2D eigenvalue weighted by Gasteiger charge is -2.33. The van der Waals surface area contributed by atoms with Gasteiger partial charge in [-0.1, -0.05) is 18.2 Å². The fourth-order valence-corrected chi connectivity index (χ4v) is 3.50. The first kappa shape index (κ1) is 18.3. The highest BCUT2D eigenvalue weighted by molar-refractivity contribution is 6.06. The molecule has 0 saturated carbocycles. The largest absolute Gasteiger partial charge is 0.481 e. The Morgan fingerprint density at radius 3 is 2.71 bits per heavy atom. The predicted molar refractivity (Wildman–Crippen MR) is 96.6 cm³/mol. The van der Waals surface area contributed by atoms with Gasteiger partial charge in [0.15, 0.2) is 6.04 Å². The Hall–Kier alpha value is -3.10. The highest BCUT2D eigenvalue weighted by atomic mass is 19.4. The van der Waals surface area contributed by atoms with Crippen LogP contribution in [0.2, 0.25) is 0 Å². The normalized spacial score (nSPS) is 16.9. The molecule has 146 valence electrons. The zero-order chi connectivity index (χ0) is 20.1. The maximum Gasteiger partial charge on any atom is 0.410 e. The van der Waals surface area contributed by atoms with Gasteiger partial charge in [0.05, 0.1) is 12.8 Å². The van der Waals surface area contributed by atoms with Gasteiger partial charge in [-0.15, -0.1) is 0 Å². The average Bonchev–Trinajstić information content (AvgIpc) is 3.05. The maximum atomic E-state index is 13.4. The molecule has 1 unspecified atom stereocenters. The number of carbonyl (C=O) groups is 1. The van der Waals surface area contributed by atoms with Gasteiger partial charge < -0.3 is 4.74 Å². The molecule has 0 radical (unpaired) electrons. The van der Waals surface area contributed by atoms with Crippen molar-refractivity contribution in [2.75, 3.05) is 18.6 Å². The molecule has 28 heavy (non-hydrogen) atoms. The molecule has 6 nitrogen and oxygen atoms in total. The van der Waals surface area contributed by atoms with Crippen LogP contribution in [0.5, 0.6) is 5.88 Å². The van der Waals surface area contributed by atoms with Crippen LogP contribution in [-0.2, 0) is 0 Å². The number of pyridine rings is 1. The van der Waals surface area contributed by atoms with Gasteiger partial charge in [0, 0.05) is 18.0 Å². The van der Waals surface area contributed by atoms with Gasteiger partial charge in [0.25, 0.3) is 5.91 Å². The quantitative estimate of drug-likeness (QED) is 0.666. The van der Waals surface area contributed by atoms with E-state index in [0.29, 0.717) is 5.69 Å². The molecule has 0 spiro atoms. The zero-order valence-corrected chi connectivity index (χ0v) is 15.2.